The summed E-state index contributed by atoms with van der Waals surface area (Å²) in [4.78, 5) is 16.3. The summed E-state index contributed by atoms with van der Waals surface area (Å²) in [6, 6.07) is 13.2. The zero-order valence-electron chi connectivity index (χ0n) is 12.2. The molecular formula is C17H18N2O3. The second-order valence-corrected chi connectivity index (χ2v) is 5.16. The quantitative estimate of drug-likeness (QED) is 0.921. The van der Waals surface area contributed by atoms with Gasteiger partial charge in [-0.05, 0) is 24.6 Å². The molecule has 0 spiro atoms. The van der Waals surface area contributed by atoms with E-state index in [0.29, 0.717) is 25.6 Å². The van der Waals surface area contributed by atoms with Crippen molar-refractivity contribution in [2.24, 2.45) is 5.92 Å². The third kappa shape index (κ3) is 3.62. The predicted octanol–water partition coefficient (Wildman–Crippen LogP) is 2.53. The number of para-hydroxylation sites is 1. The minimum Gasteiger partial charge on any atom is -0.439 e. The summed E-state index contributed by atoms with van der Waals surface area (Å²) >= 11 is 0. The number of rotatable bonds is 5. The Morgan fingerprint density at radius 3 is 2.91 bits per heavy atom. The van der Waals surface area contributed by atoms with Gasteiger partial charge in [-0.15, -0.1) is 0 Å². The van der Waals surface area contributed by atoms with Gasteiger partial charge in [-0.1, -0.05) is 24.3 Å². The van der Waals surface area contributed by atoms with Crippen LogP contribution in [0.25, 0.3) is 0 Å². The minimum absolute atomic E-state index is 0.0204. The van der Waals surface area contributed by atoms with E-state index in [0.717, 1.165) is 17.7 Å². The van der Waals surface area contributed by atoms with Gasteiger partial charge in [0.25, 0.3) is 0 Å². The first-order valence-electron chi connectivity index (χ1n) is 7.35. The predicted molar refractivity (Wildman–Crippen MR) is 81.5 cm³/mol. The summed E-state index contributed by atoms with van der Waals surface area (Å²) in [5, 5.41) is 2.93. The highest BCUT2D eigenvalue weighted by molar-refractivity contribution is 5.79. The van der Waals surface area contributed by atoms with Gasteiger partial charge in [0.05, 0.1) is 12.5 Å². The largest absolute Gasteiger partial charge is 0.439 e. The van der Waals surface area contributed by atoms with Crippen LogP contribution in [-0.4, -0.2) is 24.1 Å². The van der Waals surface area contributed by atoms with Crippen LogP contribution in [-0.2, 0) is 16.1 Å². The number of pyridine rings is 1. The van der Waals surface area contributed by atoms with Crippen molar-refractivity contribution in [2.45, 2.75) is 13.0 Å². The van der Waals surface area contributed by atoms with E-state index in [1.54, 1.807) is 6.20 Å². The third-order valence-corrected chi connectivity index (χ3v) is 3.56. The first-order chi connectivity index (χ1) is 10.8. The van der Waals surface area contributed by atoms with E-state index in [2.05, 4.69) is 10.3 Å². The molecule has 2 heterocycles. The Bertz CT molecular complexity index is 625. The number of hydrogen-bond acceptors (Lipinski definition) is 4. The summed E-state index contributed by atoms with van der Waals surface area (Å²) in [6.45, 7) is 1.56. The van der Waals surface area contributed by atoms with Crippen LogP contribution in [0.2, 0.25) is 0 Å². The lowest BCUT2D eigenvalue weighted by Gasteiger charge is -2.12. The van der Waals surface area contributed by atoms with Crippen LogP contribution >= 0.6 is 0 Å². The monoisotopic (exact) mass is 298 g/mol. The SMILES string of the molecule is O=C(NCc1cccnc1Oc1ccccc1)[C@@H]1CCOC1. The van der Waals surface area contributed by atoms with Gasteiger partial charge in [0, 0.05) is 24.9 Å². The highest BCUT2D eigenvalue weighted by atomic mass is 16.5. The number of nitrogens with zero attached hydrogens (tertiary/aromatic N) is 1. The van der Waals surface area contributed by atoms with Crippen molar-refractivity contribution in [3.63, 3.8) is 0 Å². The van der Waals surface area contributed by atoms with E-state index in [1.165, 1.54) is 0 Å². The molecule has 0 radical (unpaired) electrons. The highest BCUT2D eigenvalue weighted by Crippen LogP contribution is 2.22. The molecule has 3 rings (SSSR count). The molecule has 1 aliphatic rings. The van der Waals surface area contributed by atoms with Gasteiger partial charge in [-0.25, -0.2) is 4.98 Å². The first-order valence-corrected chi connectivity index (χ1v) is 7.35. The molecule has 22 heavy (non-hydrogen) atoms. The first kappa shape index (κ1) is 14.5. The molecule has 1 aromatic carbocycles. The lowest BCUT2D eigenvalue weighted by molar-refractivity contribution is -0.125. The zero-order valence-corrected chi connectivity index (χ0v) is 12.2. The van der Waals surface area contributed by atoms with Crippen molar-refractivity contribution in [3.05, 3.63) is 54.2 Å². The van der Waals surface area contributed by atoms with Crippen molar-refractivity contribution >= 4 is 5.91 Å². The maximum Gasteiger partial charge on any atom is 0.225 e. The number of ether oxygens (including phenoxy) is 2. The number of carbonyl (C=O) groups is 1. The van der Waals surface area contributed by atoms with Crippen molar-refractivity contribution in [1.82, 2.24) is 10.3 Å². The van der Waals surface area contributed by atoms with Crippen molar-refractivity contribution < 1.29 is 14.3 Å². The van der Waals surface area contributed by atoms with Crippen molar-refractivity contribution in [2.75, 3.05) is 13.2 Å². The molecular weight excluding hydrogens is 280 g/mol. The number of carbonyl (C=O) groups excluding carboxylic acids is 1. The van der Waals surface area contributed by atoms with Gasteiger partial charge >= 0.3 is 0 Å². The van der Waals surface area contributed by atoms with Crippen molar-refractivity contribution in [1.29, 1.82) is 0 Å². The Morgan fingerprint density at radius 2 is 2.14 bits per heavy atom. The summed E-state index contributed by atoms with van der Waals surface area (Å²) in [5.41, 5.74) is 0.846. The van der Waals surface area contributed by atoms with Crippen molar-refractivity contribution in [3.8, 4) is 11.6 Å². The Kier molecular flexibility index (Phi) is 4.65. The van der Waals surface area contributed by atoms with Gasteiger partial charge < -0.3 is 14.8 Å². The normalized spacial score (nSPS) is 17.2. The fourth-order valence-electron chi connectivity index (χ4n) is 2.32. The minimum atomic E-state index is -0.0461. The van der Waals surface area contributed by atoms with Gasteiger partial charge in [-0.3, -0.25) is 4.79 Å². The lowest BCUT2D eigenvalue weighted by atomic mass is 10.1. The van der Waals surface area contributed by atoms with E-state index in [9.17, 15) is 4.79 Å². The molecule has 114 valence electrons. The molecule has 1 fully saturated rings. The molecule has 1 atom stereocenters. The number of nitrogens with one attached hydrogen (secondary N) is 1. The Labute approximate surface area is 129 Å². The summed E-state index contributed by atoms with van der Waals surface area (Å²) in [6.07, 6.45) is 2.46. The van der Waals surface area contributed by atoms with E-state index in [4.69, 9.17) is 9.47 Å². The molecule has 1 aromatic heterocycles. The van der Waals surface area contributed by atoms with E-state index in [-0.39, 0.29) is 11.8 Å². The molecule has 0 aliphatic carbocycles. The maximum atomic E-state index is 12.0. The molecule has 0 bridgehead atoms. The van der Waals surface area contributed by atoms with Crippen LogP contribution in [0.1, 0.15) is 12.0 Å². The zero-order chi connectivity index (χ0) is 15.2. The standard InChI is InChI=1S/C17H18N2O3/c20-16(14-8-10-21-12-14)19-11-13-5-4-9-18-17(13)22-15-6-2-1-3-7-15/h1-7,9,14H,8,10-12H2,(H,19,20)/t14-/m1/s1. The van der Waals surface area contributed by atoms with Crippen LogP contribution in [0.4, 0.5) is 0 Å². The van der Waals surface area contributed by atoms with E-state index in [1.807, 2.05) is 42.5 Å². The number of benzene rings is 1. The topological polar surface area (TPSA) is 60.5 Å². The summed E-state index contributed by atoms with van der Waals surface area (Å²) in [5.74, 6) is 1.21. The van der Waals surface area contributed by atoms with Crippen LogP contribution in [0, 0.1) is 5.92 Å². The Hall–Kier alpha value is -2.40. The smallest absolute Gasteiger partial charge is 0.225 e. The summed E-state index contributed by atoms with van der Waals surface area (Å²) in [7, 11) is 0. The molecule has 1 amide bonds. The fraction of sp³-hybridized carbons (Fsp3) is 0.294. The summed E-state index contributed by atoms with van der Waals surface area (Å²) < 4.78 is 11.0. The molecule has 1 saturated heterocycles. The molecule has 2 aromatic rings. The lowest BCUT2D eigenvalue weighted by Crippen LogP contribution is -2.30. The van der Waals surface area contributed by atoms with Gasteiger partial charge in [0.2, 0.25) is 11.8 Å². The number of aromatic nitrogens is 1. The molecule has 0 unspecified atom stereocenters. The average molecular weight is 298 g/mol. The van der Waals surface area contributed by atoms with Gasteiger partial charge in [0.15, 0.2) is 0 Å². The van der Waals surface area contributed by atoms with Crippen LogP contribution in [0.5, 0.6) is 11.6 Å². The molecule has 5 heteroatoms. The molecule has 5 nitrogen and oxygen atoms in total. The molecule has 0 saturated carbocycles. The second kappa shape index (κ2) is 7.04. The third-order valence-electron chi connectivity index (χ3n) is 3.56. The van der Waals surface area contributed by atoms with Crippen LogP contribution < -0.4 is 10.1 Å². The van der Waals surface area contributed by atoms with Crippen LogP contribution in [0.3, 0.4) is 0 Å². The molecule has 1 aliphatic heterocycles. The number of hydrogen-bond donors (Lipinski definition) is 1. The van der Waals surface area contributed by atoms with Gasteiger partial charge in [0.1, 0.15) is 5.75 Å². The number of amides is 1. The fourth-order valence-corrected chi connectivity index (χ4v) is 2.32. The average Bonchev–Trinajstić information content (AvgIpc) is 3.09. The maximum absolute atomic E-state index is 12.0. The highest BCUT2D eigenvalue weighted by Gasteiger charge is 2.23. The van der Waals surface area contributed by atoms with Gasteiger partial charge in [-0.2, -0.15) is 0 Å². The Balaban J connectivity index is 1.64. The Morgan fingerprint density at radius 1 is 1.27 bits per heavy atom. The van der Waals surface area contributed by atoms with E-state index >= 15 is 0 Å². The molecule has 1 N–H and O–H groups in total. The van der Waals surface area contributed by atoms with Crippen LogP contribution in [0.15, 0.2) is 48.7 Å². The second-order valence-electron chi connectivity index (χ2n) is 5.16. The van der Waals surface area contributed by atoms with E-state index < -0.39 is 0 Å².